The van der Waals surface area contributed by atoms with Crippen molar-refractivity contribution in [3.8, 4) is 18.1 Å². The van der Waals surface area contributed by atoms with E-state index in [0.29, 0.717) is 12.6 Å². The van der Waals surface area contributed by atoms with Crippen LogP contribution in [0.4, 0.5) is 0 Å². The SMILES string of the molecule is C#CCNC1CCCc2ccc(OC)cc21. The van der Waals surface area contributed by atoms with Crippen LogP contribution in [0.1, 0.15) is 30.0 Å². The van der Waals surface area contributed by atoms with E-state index >= 15 is 0 Å². The van der Waals surface area contributed by atoms with E-state index in [1.165, 1.54) is 17.5 Å². The molecule has 1 N–H and O–H groups in total. The molecular weight excluding hydrogens is 198 g/mol. The quantitative estimate of drug-likeness (QED) is 0.781. The average Bonchev–Trinajstić information content (AvgIpc) is 2.35. The number of methoxy groups -OCH3 is 1. The van der Waals surface area contributed by atoms with Gasteiger partial charge < -0.3 is 4.74 Å². The highest BCUT2D eigenvalue weighted by Crippen LogP contribution is 2.32. The van der Waals surface area contributed by atoms with Crippen LogP contribution in [0.25, 0.3) is 0 Å². The lowest BCUT2D eigenvalue weighted by atomic mass is 9.87. The summed E-state index contributed by atoms with van der Waals surface area (Å²) in [6.07, 6.45) is 8.82. The molecule has 84 valence electrons. The van der Waals surface area contributed by atoms with Gasteiger partial charge in [0.15, 0.2) is 0 Å². The molecule has 0 radical (unpaired) electrons. The second-order valence-electron chi connectivity index (χ2n) is 4.09. The van der Waals surface area contributed by atoms with Crippen LogP contribution in [0, 0.1) is 12.3 Å². The predicted molar refractivity (Wildman–Crippen MR) is 65.5 cm³/mol. The zero-order chi connectivity index (χ0) is 11.4. The minimum absolute atomic E-state index is 0.384. The first-order valence-corrected chi connectivity index (χ1v) is 5.69. The first-order chi connectivity index (χ1) is 7.85. The van der Waals surface area contributed by atoms with Gasteiger partial charge in [0.05, 0.1) is 13.7 Å². The molecule has 1 aliphatic carbocycles. The number of ether oxygens (including phenoxy) is 1. The van der Waals surface area contributed by atoms with Gasteiger partial charge in [-0.1, -0.05) is 12.0 Å². The van der Waals surface area contributed by atoms with Gasteiger partial charge in [-0.15, -0.1) is 6.42 Å². The normalized spacial score (nSPS) is 18.6. The van der Waals surface area contributed by atoms with Crippen LogP contribution < -0.4 is 10.1 Å². The molecule has 0 spiro atoms. The minimum Gasteiger partial charge on any atom is -0.497 e. The Labute approximate surface area is 97.0 Å². The van der Waals surface area contributed by atoms with Gasteiger partial charge in [0.25, 0.3) is 0 Å². The van der Waals surface area contributed by atoms with Crippen molar-refractivity contribution in [1.29, 1.82) is 0 Å². The van der Waals surface area contributed by atoms with Crippen LogP contribution in [0.5, 0.6) is 5.75 Å². The molecule has 2 nitrogen and oxygen atoms in total. The van der Waals surface area contributed by atoms with Gasteiger partial charge in [-0.05, 0) is 42.5 Å². The number of nitrogens with one attached hydrogen (secondary N) is 1. The Morgan fingerprint density at radius 3 is 3.19 bits per heavy atom. The zero-order valence-corrected chi connectivity index (χ0v) is 9.62. The van der Waals surface area contributed by atoms with Crippen LogP contribution in [-0.2, 0) is 6.42 Å². The van der Waals surface area contributed by atoms with E-state index in [0.717, 1.165) is 18.6 Å². The molecule has 1 aromatic carbocycles. The molecule has 2 rings (SSSR count). The molecule has 1 atom stereocenters. The first kappa shape index (κ1) is 11.0. The van der Waals surface area contributed by atoms with Crippen molar-refractivity contribution in [3.63, 3.8) is 0 Å². The Balaban J connectivity index is 2.25. The summed E-state index contributed by atoms with van der Waals surface area (Å²) >= 11 is 0. The zero-order valence-electron chi connectivity index (χ0n) is 9.62. The summed E-state index contributed by atoms with van der Waals surface area (Å²) in [5.41, 5.74) is 2.77. The Morgan fingerprint density at radius 1 is 1.56 bits per heavy atom. The summed E-state index contributed by atoms with van der Waals surface area (Å²) in [4.78, 5) is 0. The first-order valence-electron chi connectivity index (χ1n) is 5.69. The lowest BCUT2D eigenvalue weighted by Crippen LogP contribution is -2.25. The lowest BCUT2D eigenvalue weighted by molar-refractivity contribution is 0.410. The molecule has 0 heterocycles. The molecule has 16 heavy (non-hydrogen) atoms. The minimum atomic E-state index is 0.384. The fraction of sp³-hybridized carbons (Fsp3) is 0.429. The summed E-state index contributed by atoms with van der Waals surface area (Å²) in [6.45, 7) is 0.626. The summed E-state index contributed by atoms with van der Waals surface area (Å²) in [5, 5.41) is 3.39. The summed E-state index contributed by atoms with van der Waals surface area (Å²) in [7, 11) is 1.70. The largest absolute Gasteiger partial charge is 0.497 e. The lowest BCUT2D eigenvalue weighted by Gasteiger charge is -2.26. The van der Waals surface area contributed by atoms with E-state index in [1.54, 1.807) is 7.11 Å². The molecular formula is C14H17NO. The maximum Gasteiger partial charge on any atom is 0.119 e. The van der Waals surface area contributed by atoms with Crippen LogP contribution >= 0.6 is 0 Å². The second kappa shape index (κ2) is 5.05. The van der Waals surface area contributed by atoms with Gasteiger partial charge in [0.2, 0.25) is 0 Å². The monoisotopic (exact) mass is 215 g/mol. The number of hydrogen-bond acceptors (Lipinski definition) is 2. The number of fused-ring (bicyclic) bond motifs is 1. The van der Waals surface area contributed by atoms with Crippen LogP contribution in [0.3, 0.4) is 0 Å². The van der Waals surface area contributed by atoms with Gasteiger partial charge in [-0.3, -0.25) is 5.32 Å². The van der Waals surface area contributed by atoms with E-state index in [2.05, 4.69) is 23.4 Å². The molecule has 0 saturated carbocycles. The molecule has 0 fully saturated rings. The number of hydrogen-bond donors (Lipinski definition) is 1. The third-order valence-electron chi connectivity index (χ3n) is 3.12. The van der Waals surface area contributed by atoms with Gasteiger partial charge in [0.1, 0.15) is 5.75 Å². The van der Waals surface area contributed by atoms with Gasteiger partial charge in [-0.25, -0.2) is 0 Å². The van der Waals surface area contributed by atoms with Crippen molar-refractivity contribution in [2.24, 2.45) is 0 Å². The van der Waals surface area contributed by atoms with Crippen molar-refractivity contribution in [1.82, 2.24) is 5.32 Å². The number of terminal acetylenes is 1. The van der Waals surface area contributed by atoms with Crippen molar-refractivity contribution in [2.75, 3.05) is 13.7 Å². The topological polar surface area (TPSA) is 21.3 Å². The molecule has 1 unspecified atom stereocenters. The highest BCUT2D eigenvalue weighted by Gasteiger charge is 2.19. The second-order valence-corrected chi connectivity index (χ2v) is 4.09. The summed E-state index contributed by atoms with van der Waals surface area (Å²) in [6, 6.07) is 6.71. The average molecular weight is 215 g/mol. The van der Waals surface area contributed by atoms with Crippen molar-refractivity contribution >= 4 is 0 Å². The van der Waals surface area contributed by atoms with Crippen molar-refractivity contribution in [3.05, 3.63) is 29.3 Å². The third-order valence-corrected chi connectivity index (χ3v) is 3.12. The Hall–Kier alpha value is -1.46. The van der Waals surface area contributed by atoms with E-state index in [4.69, 9.17) is 11.2 Å². The number of aryl methyl sites for hydroxylation is 1. The third kappa shape index (κ3) is 2.20. The van der Waals surface area contributed by atoms with Crippen LogP contribution in [0.15, 0.2) is 18.2 Å². The van der Waals surface area contributed by atoms with Crippen molar-refractivity contribution in [2.45, 2.75) is 25.3 Å². The fourth-order valence-corrected chi connectivity index (χ4v) is 2.30. The van der Waals surface area contributed by atoms with E-state index in [1.807, 2.05) is 6.07 Å². The Bertz CT molecular complexity index is 406. The van der Waals surface area contributed by atoms with E-state index in [9.17, 15) is 0 Å². The molecule has 1 aromatic rings. The maximum absolute atomic E-state index is 5.28. The van der Waals surface area contributed by atoms with Crippen LogP contribution in [0.2, 0.25) is 0 Å². The summed E-state index contributed by atoms with van der Waals surface area (Å²) < 4.78 is 5.26. The number of benzene rings is 1. The molecule has 0 aliphatic heterocycles. The fourth-order valence-electron chi connectivity index (χ4n) is 2.30. The van der Waals surface area contributed by atoms with Gasteiger partial charge in [-0.2, -0.15) is 0 Å². The number of rotatable bonds is 3. The van der Waals surface area contributed by atoms with Crippen molar-refractivity contribution < 1.29 is 4.74 Å². The standard InChI is InChI=1S/C14H17NO/c1-3-9-15-14-6-4-5-11-7-8-12(16-2)10-13(11)14/h1,7-8,10,14-15H,4-6,9H2,2H3. The Kier molecular flexibility index (Phi) is 3.48. The van der Waals surface area contributed by atoms with Crippen LogP contribution in [-0.4, -0.2) is 13.7 Å². The highest BCUT2D eigenvalue weighted by atomic mass is 16.5. The smallest absolute Gasteiger partial charge is 0.119 e. The van der Waals surface area contributed by atoms with E-state index < -0.39 is 0 Å². The molecule has 2 heteroatoms. The molecule has 0 amide bonds. The maximum atomic E-state index is 5.28. The summed E-state index contributed by atoms with van der Waals surface area (Å²) in [5.74, 6) is 3.56. The molecule has 0 saturated heterocycles. The predicted octanol–water partition coefficient (Wildman–Crippen LogP) is 2.30. The molecule has 0 bridgehead atoms. The van der Waals surface area contributed by atoms with Gasteiger partial charge in [0, 0.05) is 6.04 Å². The highest BCUT2D eigenvalue weighted by molar-refractivity contribution is 5.39. The van der Waals surface area contributed by atoms with E-state index in [-0.39, 0.29) is 0 Å². The van der Waals surface area contributed by atoms with Gasteiger partial charge >= 0.3 is 0 Å². The Morgan fingerprint density at radius 2 is 2.44 bits per heavy atom. The molecule has 1 aliphatic rings. The molecule has 0 aromatic heterocycles.